The minimum absolute atomic E-state index is 0.0888. The number of carbonyl (C=O) groups excluding carboxylic acids is 1. The molecule has 1 aromatic heterocycles. The lowest BCUT2D eigenvalue weighted by molar-refractivity contribution is 0.0525. The molecule has 5 heteroatoms. The molecule has 5 nitrogen and oxygen atoms in total. The van der Waals surface area contributed by atoms with Gasteiger partial charge >= 0.3 is 5.97 Å². The van der Waals surface area contributed by atoms with E-state index in [-0.39, 0.29) is 17.7 Å². The minimum atomic E-state index is -0.563. The molecule has 0 atom stereocenters. The number of carbonyl (C=O) groups is 1. The number of aromatic amines is 1. The first-order chi connectivity index (χ1) is 13.2. The molecule has 144 valence electrons. The Balaban J connectivity index is 1.84. The summed E-state index contributed by atoms with van der Waals surface area (Å²) in [6.45, 7) is 1.99. The third-order valence-electron chi connectivity index (χ3n) is 5.06. The van der Waals surface area contributed by atoms with Gasteiger partial charge < -0.3 is 15.0 Å². The van der Waals surface area contributed by atoms with Crippen LogP contribution in [0.2, 0.25) is 0 Å². The van der Waals surface area contributed by atoms with E-state index in [1.165, 1.54) is 24.8 Å². The van der Waals surface area contributed by atoms with Crippen molar-refractivity contribution < 1.29 is 9.53 Å². The second kappa shape index (κ2) is 9.40. The Hall–Kier alpha value is -2.56. The molecule has 1 aliphatic rings. The number of hydrogen-bond acceptors (Lipinski definition) is 4. The van der Waals surface area contributed by atoms with Gasteiger partial charge in [0.25, 0.3) is 5.56 Å². The summed E-state index contributed by atoms with van der Waals surface area (Å²) in [6, 6.07) is 12.4. The van der Waals surface area contributed by atoms with Gasteiger partial charge in [0.05, 0.1) is 12.3 Å². The fourth-order valence-electron chi connectivity index (χ4n) is 3.66. The van der Waals surface area contributed by atoms with Crippen molar-refractivity contribution in [3.63, 3.8) is 0 Å². The van der Waals surface area contributed by atoms with Gasteiger partial charge in [0.1, 0.15) is 5.56 Å². The van der Waals surface area contributed by atoms with Crippen molar-refractivity contribution in [1.82, 2.24) is 4.98 Å². The number of hydrogen-bond donors (Lipinski definition) is 2. The number of rotatable bonds is 7. The minimum Gasteiger partial charge on any atom is -0.462 e. The molecule has 27 heavy (non-hydrogen) atoms. The van der Waals surface area contributed by atoms with Crippen LogP contribution in [-0.4, -0.2) is 23.6 Å². The van der Waals surface area contributed by atoms with E-state index in [0.717, 1.165) is 25.0 Å². The molecule has 0 spiro atoms. The molecule has 0 radical (unpaired) electrons. The van der Waals surface area contributed by atoms with E-state index in [9.17, 15) is 9.59 Å². The maximum atomic E-state index is 12.6. The molecule has 0 saturated heterocycles. The zero-order valence-electron chi connectivity index (χ0n) is 15.9. The average molecular weight is 368 g/mol. The van der Waals surface area contributed by atoms with Crippen LogP contribution in [0.15, 0.2) is 41.2 Å². The van der Waals surface area contributed by atoms with Crippen molar-refractivity contribution in [1.29, 1.82) is 0 Å². The fourth-order valence-corrected chi connectivity index (χ4v) is 3.66. The Morgan fingerprint density at radius 3 is 2.59 bits per heavy atom. The molecule has 1 aliphatic carbocycles. The van der Waals surface area contributed by atoms with Crippen molar-refractivity contribution in [2.45, 2.75) is 57.9 Å². The standard InChI is InChI=1S/C22H28N2O3/c1-2-27-22(26)20-19(23-17-11-7-4-8-12-17)15-18(24-21(20)25)14-13-16-9-5-3-6-10-16/h3,5-6,9-10,15,17H,2,4,7-8,11-14H2,1H3,(H2,23,24,25). The van der Waals surface area contributed by atoms with E-state index in [1.807, 2.05) is 24.3 Å². The van der Waals surface area contributed by atoms with Gasteiger partial charge in [-0.15, -0.1) is 0 Å². The van der Waals surface area contributed by atoms with E-state index < -0.39 is 5.97 Å². The maximum Gasteiger partial charge on any atom is 0.345 e. The number of esters is 1. The van der Waals surface area contributed by atoms with Crippen molar-refractivity contribution in [2.75, 3.05) is 11.9 Å². The molecule has 3 rings (SSSR count). The number of anilines is 1. The van der Waals surface area contributed by atoms with Crippen LogP contribution in [0.1, 0.15) is 60.6 Å². The van der Waals surface area contributed by atoms with Crippen LogP contribution in [0, 0.1) is 0 Å². The third kappa shape index (κ3) is 5.22. The van der Waals surface area contributed by atoms with Gasteiger partial charge in [0.15, 0.2) is 0 Å². The van der Waals surface area contributed by atoms with Gasteiger partial charge in [-0.2, -0.15) is 0 Å². The Bertz CT molecular complexity index is 808. The van der Waals surface area contributed by atoms with Crippen molar-refractivity contribution in [2.24, 2.45) is 0 Å². The highest BCUT2D eigenvalue weighted by atomic mass is 16.5. The van der Waals surface area contributed by atoms with Crippen LogP contribution in [0.4, 0.5) is 5.69 Å². The van der Waals surface area contributed by atoms with Crippen LogP contribution in [-0.2, 0) is 17.6 Å². The molecule has 2 N–H and O–H groups in total. The second-order valence-electron chi connectivity index (χ2n) is 7.10. The number of ether oxygens (including phenoxy) is 1. The summed E-state index contributed by atoms with van der Waals surface area (Å²) in [6.07, 6.45) is 7.27. The number of nitrogens with one attached hydrogen (secondary N) is 2. The molecule has 2 aromatic rings. The second-order valence-corrected chi connectivity index (χ2v) is 7.10. The largest absolute Gasteiger partial charge is 0.462 e. The molecule has 1 aromatic carbocycles. The van der Waals surface area contributed by atoms with Gasteiger partial charge in [-0.05, 0) is 44.2 Å². The Morgan fingerprint density at radius 2 is 1.89 bits per heavy atom. The number of H-pyrrole nitrogens is 1. The quantitative estimate of drug-likeness (QED) is 0.723. The van der Waals surface area contributed by atoms with Gasteiger partial charge in [0.2, 0.25) is 0 Å². The summed E-state index contributed by atoms with van der Waals surface area (Å²) in [7, 11) is 0. The number of pyridine rings is 1. The SMILES string of the molecule is CCOC(=O)c1c(NC2CCCCC2)cc(CCc2ccccc2)[nH]c1=O. The Kier molecular flexibility index (Phi) is 6.69. The Labute approximate surface area is 160 Å². The topological polar surface area (TPSA) is 71.2 Å². The first kappa shape index (κ1) is 19.2. The molecule has 0 bridgehead atoms. The zero-order chi connectivity index (χ0) is 19.1. The predicted molar refractivity (Wildman–Crippen MR) is 107 cm³/mol. The Morgan fingerprint density at radius 1 is 1.15 bits per heavy atom. The third-order valence-corrected chi connectivity index (χ3v) is 5.06. The van der Waals surface area contributed by atoms with Gasteiger partial charge in [-0.1, -0.05) is 49.6 Å². The highest BCUT2D eigenvalue weighted by Crippen LogP contribution is 2.24. The van der Waals surface area contributed by atoms with Crippen LogP contribution in [0.3, 0.4) is 0 Å². The molecule has 1 heterocycles. The molecular formula is C22H28N2O3. The van der Waals surface area contributed by atoms with E-state index in [4.69, 9.17) is 4.74 Å². The fraction of sp³-hybridized carbons (Fsp3) is 0.455. The summed E-state index contributed by atoms with van der Waals surface area (Å²) in [5, 5.41) is 3.45. The van der Waals surface area contributed by atoms with Gasteiger partial charge in [-0.3, -0.25) is 4.79 Å². The summed E-state index contributed by atoms with van der Waals surface area (Å²) >= 11 is 0. The predicted octanol–water partition coefficient (Wildman–Crippen LogP) is 4.08. The lowest BCUT2D eigenvalue weighted by Crippen LogP contribution is -2.28. The normalized spacial score (nSPS) is 14.7. The van der Waals surface area contributed by atoms with E-state index in [0.29, 0.717) is 18.2 Å². The molecule has 0 amide bonds. The van der Waals surface area contributed by atoms with Crippen molar-refractivity contribution >= 4 is 11.7 Å². The number of aryl methyl sites for hydroxylation is 2. The van der Waals surface area contributed by atoms with Crippen molar-refractivity contribution in [3.8, 4) is 0 Å². The molecule has 1 saturated carbocycles. The smallest absolute Gasteiger partial charge is 0.345 e. The lowest BCUT2D eigenvalue weighted by atomic mass is 9.95. The summed E-state index contributed by atoms with van der Waals surface area (Å²) in [5.74, 6) is -0.563. The monoisotopic (exact) mass is 368 g/mol. The molecule has 0 aliphatic heterocycles. The molecule has 0 unspecified atom stereocenters. The van der Waals surface area contributed by atoms with Crippen LogP contribution in [0.5, 0.6) is 0 Å². The first-order valence-corrected chi connectivity index (χ1v) is 9.91. The number of aromatic nitrogens is 1. The molecule has 1 fully saturated rings. The summed E-state index contributed by atoms with van der Waals surface area (Å²) < 4.78 is 5.11. The summed E-state index contributed by atoms with van der Waals surface area (Å²) in [5.41, 5.74) is 2.36. The molecular weight excluding hydrogens is 340 g/mol. The van der Waals surface area contributed by atoms with E-state index >= 15 is 0 Å². The lowest BCUT2D eigenvalue weighted by Gasteiger charge is -2.25. The highest BCUT2D eigenvalue weighted by Gasteiger charge is 2.22. The van der Waals surface area contributed by atoms with Crippen molar-refractivity contribution in [3.05, 3.63) is 63.6 Å². The summed E-state index contributed by atoms with van der Waals surface area (Å²) in [4.78, 5) is 27.8. The average Bonchev–Trinajstić information content (AvgIpc) is 2.68. The van der Waals surface area contributed by atoms with Crippen LogP contribution >= 0.6 is 0 Å². The van der Waals surface area contributed by atoms with Crippen LogP contribution < -0.4 is 10.9 Å². The number of benzene rings is 1. The van der Waals surface area contributed by atoms with E-state index in [2.05, 4.69) is 22.4 Å². The van der Waals surface area contributed by atoms with Gasteiger partial charge in [-0.25, -0.2) is 4.79 Å². The zero-order valence-corrected chi connectivity index (χ0v) is 15.9. The van der Waals surface area contributed by atoms with Gasteiger partial charge in [0, 0.05) is 11.7 Å². The van der Waals surface area contributed by atoms with Crippen LogP contribution in [0.25, 0.3) is 0 Å². The first-order valence-electron chi connectivity index (χ1n) is 9.91. The maximum absolute atomic E-state index is 12.6. The highest BCUT2D eigenvalue weighted by molar-refractivity contribution is 5.95. The van der Waals surface area contributed by atoms with E-state index in [1.54, 1.807) is 6.92 Å².